The zero-order valence-electron chi connectivity index (χ0n) is 13.2. The minimum Gasteiger partial charge on any atom is -0.424 e. The average molecular weight is 328 g/mol. The number of aryl methyl sites for hydroxylation is 1. The Labute approximate surface area is 139 Å². The Balaban J connectivity index is 1.38. The monoisotopic (exact) mass is 328 g/mol. The van der Waals surface area contributed by atoms with Crippen LogP contribution in [0, 0.1) is 0 Å². The first-order valence-corrected chi connectivity index (χ1v) is 9.02. The molecular formula is C17H20N4OS. The summed E-state index contributed by atoms with van der Waals surface area (Å²) in [6.07, 6.45) is 3.09. The number of para-hydroxylation sites is 1. The van der Waals surface area contributed by atoms with Crippen LogP contribution in [0.25, 0.3) is 10.2 Å². The fourth-order valence-corrected chi connectivity index (χ4v) is 4.23. The molecule has 1 aromatic carbocycles. The molecule has 0 amide bonds. The van der Waals surface area contributed by atoms with E-state index in [4.69, 9.17) is 9.40 Å². The Kier molecular flexibility index (Phi) is 4.10. The first-order chi connectivity index (χ1) is 11.3. The molecule has 1 aliphatic rings. The number of hydrogen-bond acceptors (Lipinski definition) is 6. The van der Waals surface area contributed by atoms with Gasteiger partial charge in [0.25, 0.3) is 0 Å². The zero-order valence-corrected chi connectivity index (χ0v) is 14.1. The van der Waals surface area contributed by atoms with E-state index in [-0.39, 0.29) is 0 Å². The van der Waals surface area contributed by atoms with Crippen LogP contribution in [0.3, 0.4) is 0 Å². The maximum Gasteiger partial charge on any atom is 0.230 e. The molecule has 0 aliphatic carbocycles. The molecule has 1 fully saturated rings. The van der Waals surface area contributed by atoms with Crippen molar-refractivity contribution in [2.75, 3.05) is 13.1 Å². The standard InChI is InChI=1S/C17H20N4OS/c1-2-15-19-20-16(22-15)11-21-9-7-12(8-10-21)17-18-13-5-3-4-6-14(13)23-17/h3-6,12H,2,7-11H2,1H3. The smallest absolute Gasteiger partial charge is 0.230 e. The van der Waals surface area contributed by atoms with Crippen LogP contribution in [0.2, 0.25) is 0 Å². The summed E-state index contributed by atoms with van der Waals surface area (Å²) in [5.41, 5.74) is 1.13. The number of nitrogens with zero attached hydrogens (tertiary/aromatic N) is 4. The molecule has 23 heavy (non-hydrogen) atoms. The number of rotatable bonds is 4. The number of hydrogen-bond donors (Lipinski definition) is 0. The van der Waals surface area contributed by atoms with Crippen molar-refractivity contribution in [2.24, 2.45) is 0 Å². The topological polar surface area (TPSA) is 55.1 Å². The number of aromatic nitrogens is 3. The number of thiazole rings is 1. The highest BCUT2D eigenvalue weighted by Gasteiger charge is 2.24. The van der Waals surface area contributed by atoms with Gasteiger partial charge in [-0.05, 0) is 38.1 Å². The van der Waals surface area contributed by atoms with Crippen molar-refractivity contribution in [3.8, 4) is 0 Å². The number of benzene rings is 1. The Morgan fingerprint density at radius 3 is 2.70 bits per heavy atom. The second-order valence-electron chi connectivity index (χ2n) is 6.01. The maximum absolute atomic E-state index is 5.61. The summed E-state index contributed by atoms with van der Waals surface area (Å²) < 4.78 is 6.91. The second kappa shape index (κ2) is 6.37. The highest BCUT2D eigenvalue weighted by Crippen LogP contribution is 2.34. The van der Waals surface area contributed by atoms with Crippen LogP contribution >= 0.6 is 11.3 Å². The van der Waals surface area contributed by atoms with E-state index in [1.54, 1.807) is 0 Å². The summed E-state index contributed by atoms with van der Waals surface area (Å²) in [7, 11) is 0. The van der Waals surface area contributed by atoms with Crippen molar-refractivity contribution in [3.63, 3.8) is 0 Å². The molecule has 120 valence electrons. The molecule has 0 N–H and O–H groups in total. The number of likely N-dealkylation sites (tertiary alicyclic amines) is 1. The lowest BCUT2D eigenvalue weighted by atomic mass is 9.97. The van der Waals surface area contributed by atoms with E-state index in [9.17, 15) is 0 Å². The molecule has 0 bridgehead atoms. The van der Waals surface area contributed by atoms with Crippen LogP contribution in [-0.2, 0) is 13.0 Å². The molecule has 5 nitrogen and oxygen atoms in total. The van der Waals surface area contributed by atoms with Crippen molar-refractivity contribution in [1.29, 1.82) is 0 Å². The third-order valence-electron chi connectivity index (χ3n) is 4.42. The van der Waals surface area contributed by atoms with E-state index in [0.717, 1.165) is 56.2 Å². The molecule has 1 aliphatic heterocycles. The first kappa shape index (κ1) is 14.8. The van der Waals surface area contributed by atoms with E-state index >= 15 is 0 Å². The van der Waals surface area contributed by atoms with Crippen LogP contribution in [0.4, 0.5) is 0 Å². The van der Waals surface area contributed by atoms with Gasteiger partial charge in [0.15, 0.2) is 0 Å². The molecular weight excluding hydrogens is 308 g/mol. The van der Waals surface area contributed by atoms with Crippen LogP contribution in [-0.4, -0.2) is 33.2 Å². The molecule has 3 heterocycles. The third-order valence-corrected chi connectivity index (χ3v) is 5.62. The number of fused-ring (bicyclic) bond motifs is 1. The quantitative estimate of drug-likeness (QED) is 0.732. The Morgan fingerprint density at radius 2 is 1.96 bits per heavy atom. The molecule has 4 rings (SSSR count). The van der Waals surface area contributed by atoms with Crippen LogP contribution in [0.5, 0.6) is 0 Å². The third kappa shape index (κ3) is 3.14. The predicted molar refractivity (Wildman–Crippen MR) is 90.5 cm³/mol. The van der Waals surface area contributed by atoms with Crippen LogP contribution in [0.15, 0.2) is 28.7 Å². The van der Waals surface area contributed by atoms with Crippen LogP contribution < -0.4 is 0 Å². The van der Waals surface area contributed by atoms with Gasteiger partial charge in [-0.1, -0.05) is 19.1 Å². The Bertz CT molecular complexity index is 756. The predicted octanol–water partition coefficient (Wildman–Crippen LogP) is 3.62. The van der Waals surface area contributed by atoms with Gasteiger partial charge < -0.3 is 4.42 Å². The van der Waals surface area contributed by atoms with Crippen molar-refractivity contribution in [2.45, 2.75) is 38.6 Å². The van der Waals surface area contributed by atoms with Crippen molar-refractivity contribution in [1.82, 2.24) is 20.1 Å². The lowest BCUT2D eigenvalue weighted by Gasteiger charge is -2.29. The van der Waals surface area contributed by atoms with Crippen LogP contribution in [0.1, 0.15) is 42.5 Å². The molecule has 3 aromatic rings. The van der Waals surface area contributed by atoms with Gasteiger partial charge in [0.2, 0.25) is 11.8 Å². The molecule has 2 aromatic heterocycles. The highest BCUT2D eigenvalue weighted by molar-refractivity contribution is 7.18. The van der Waals surface area contributed by atoms with E-state index < -0.39 is 0 Å². The summed E-state index contributed by atoms with van der Waals surface area (Å²) in [6, 6.07) is 8.41. The largest absolute Gasteiger partial charge is 0.424 e. The zero-order chi connectivity index (χ0) is 15.6. The lowest BCUT2D eigenvalue weighted by molar-refractivity contribution is 0.186. The Hall–Kier alpha value is -1.79. The van der Waals surface area contributed by atoms with Crippen molar-refractivity contribution in [3.05, 3.63) is 41.1 Å². The molecule has 6 heteroatoms. The lowest BCUT2D eigenvalue weighted by Crippen LogP contribution is -2.32. The fraction of sp³-hybridized carbons (Fsp3) is 0.471. The van der Waals surface area contributed by atoms with Gasteiger partial charge in [-0.25, -0.2) is 4.98 Å². The summed E-state index contributed by atoms with van der Waals surface area (Å²) in [5.74, 6) is 2.04. The minimum absolute atomic E-state index is 0.581. The van der Waals surface area contributed by atoms with Gasteiger partial charge in [0, 0.05) is 12.3 Å². The van der Waals surface area contributed by atoms with E-state index in [1.165, 1.54) is 9.71 Å². The molecule has 0 saturated carbocycles. The van der Waals surface area contributed by atoms with Gasteiger partial charge in [0.05, 0.1) is 21.8 Å². The molecule has 0 spiro atoms. The number of piperidine rings is 1. The van der Waals surface area contributed by atoms with Crippen molar-refractivity contribution >= 4 is 21.6 Å². The van der Waals surface area contributed by atoms with E-state index in [0.29, 0.717) is 5.92 Å². The first-order valence-electron chi connectivity index (χ1n) is 8.21. The van der Waals surface area contributed by atoms with Gasteiger partial charge in [0.1, 0.15) is 0 Å². The fourth-order valence-electron chi connectivity index (χ4n) is 3.09. The normalized spacial score (nSPS) is 17.1. The maximum atomic E-state index is 5.61. The molecule has 0 unspecified atom stereocenters. The van der Waals surface area contributed by atoms with Gasteiger partial charge in [-0.2, -0.15) is 0 Å². The van der Waals surface area contributed by atoms with E-state index in [2.05, 4.69) is 39.4 Å². The van der Waals surface area contributed by atoms with Crippen molar-refractivity contribution < 1.29 is 4.42 Å². The summed E-state index contributed by atoms with van der Waals surface area (Å²) in [4.78, 5) is 7.22. The summed E-state index contributed by atoms with van der Waals surface area (Å²) in [6.45, 7) is 4.91. The minimum atomic E-state index is 0.581. The summed E-state index contributed by atoms with van der Waals surface area (Å²) in [5, 5.41) is 9.44. The van der Waals surface area contributed by atoms with Gasteiger partial charge in [-0.3, -0.25) is 4.90 Å². The summed E-state index contributed by atoms with van der Waals surface area (Å²) >= 11 is 1.84. The highest BCUT2D eigenvalue weighted by atomic mass is 32.1. The van der Waals surface area contributed by atoms with Gasteiger partial charge >= 0.3 is 0 Å². The second-order valence-corrected chi connectivity index (χ2v) is 7.08. The Morgan fingerprint density at radius 1 is 1.17 bits per heavy atom. The molecule has 0 radical (unpaired) electrons. The molecule has 0 atom stereocenters. The van der Waals surface area contributed by atoms with E-state index in [1.807, 2.05) is 18.3 Å². The average Bonchev–Trinajstić information content (AvgIpc) is 3.21. The molecule has 1 saturated heterocycles. The SMILES string of the molecule is CCc1nnc(CN2CCC(c3nc4ccccc4s3)CC2)o1. The van der Waals surface area contributed by atoms with Gasteiger partial charge in [-0.15, -0.1) is 21.5 Å².